The molecule has 0 unspecified atom stereocenters. The molecule has 0 saturated carbocycles. The third-order valence-electron chi connectivity index (χ3n) is 5.26. The molecule has 4 heterocycles. The Balaban J connectivity index is 0.000000317. The van der Waals surface area contributed by atoms with Crippen LogP contribution >= 0.6 is 0 Å². The van der Waals surface area contributed by atoms with Gasteiger partial charge in [-0.2, -0.15) is 26.3 Å². The summed E-state index contributed by atoms with van der Waals surface area (Å²) >= 11 is 0. The normalized spacial score (nSPS) is 20.6. The van der Waals surface area contributed by atoms with Crippen molar-refractivity contribution in [2.45, 2.75) is 56.5 Å². The van der Waals surface area contributed by atoms with Crippen LogP contribution in [-0.2, 0) is 25.7 Å². The van der Waals surface area contributed by atoms with Crippen LogP contribution in [0.5, 0.6) is 0 Å². The lowest BCUT2D eigenvalue weighted by molar-refractivity contribution is -0.193. The minimum absolute atomic E-state index is 0.110. The smallest absolute Gasteiger partial charge is 0.475 e. The van der Waals surface area contributed by atoms with Gasteiger partial charge < -0.3 is 24.6 Å². The fourth-order valence-corrected chi connectivity index (χ4v) is 3.60. The summed E-state index contributed by atoms with van der Waals surface area (Å²) in [5.41, 5.74) is 0.927. The summed E-state index contributed by atoms with van der Waals surface area (Å²) in [6.07, 6.45) is -2.83. The molecule has 2 aromatic rings. The lowest BCUT2D eigenvalue weighted by Crippen LogP contribution is -2.44. The molecule has 0 bridgehead atoms. The zero-order valence-corrected chi connectivity index (χ0v) is 19.9. The molecule has 2 N–H and O–H groups in total. The first-order valence-electron chi connectivity index (χ1n) is 11.2. The Kier molecular flexibility index (Phi) is 11.3. The van der Waals surface area contributed by atoms with E-state index in [0.717, 1.165) is 31.5 Å². The van der Waals surface area contributed by atoms with Gasteiger partial charge in [-0.15, -0.1) is 0 Å². The molecule has 3 atom stereocenters. The van der Waals surface area contributed by atoms with E-state index in [0.29, 0.717) is 19.2 Å². The van der Waals surface area contributed by atoms with Gasteiger partial charge in [0.15, 0.2) is 5.82 Å². The van der Waals surface area contributed by atoms with Crippen LogP contribution in [0.25, 0.3) is 0 Å². The van der Waals surface area contributed by atoms with Crippen LogP contribution in [0.3, 0.4) is 0 Å². The minimum atomic E-state index is -5.08. The summed E-state index contributed by atoms with van der Waals surface area (Å²) in [5.74, 6) is -5.34. The third kappa shape index (κ3) is 10.6. The van der Waals surface area contributed by atoms with Gasteiger partial charge in [0.1, 0.15) is 0 Å². The quantitative estimate of drug-likeness (QED) is 0.512. The van der Waals surface area contributed by atoms with Crippen LogP contribution in [-0.4, -0.2) is 80.9 Å². The summed E-state index contributed by atoms with van der Waals surface area (Å²) < 4.78 is 88.5. The Morgan fingerprint density at radius 3 is 2.08 bits per heavy atom. The standard InChI is InChI=1S/C18H21FN4O2.2C2HF3O2/c19-13-9-21-18(22-10-13)23-8-6-17-16(23)5-4-15(25-17)12-24-11-14-3-1-2-7-20-14;2*3-2(4,5)1(6)7/h1-3,7,9-10,15-17H,4-6,8,11-12H2;2*(H,6,7)/t15-,16-,17-;;/m0../s1. The number of nitrogens with zero attached hydrogens (tertiary/aromatic N) is 4. The number of anilines is 1. The Hall–Kier alpha value is -3.60. The van der Waals surface area contributed by atoms with E-state index in [9.17, 15) is 30.7 Å². The molecule has 0 radical (unpaired) electrons. The monoisotopic (exact) mass is 572 g/mol. The highest BCUT2D eigenvalue weighted by Crippen LogP contribution is 2.33. The maximum Gasteiger partial charge on any atom is 0.490 e. The van der Waals surface area contributed by atoms with Crippen molar-refractivity contribution in [1.82, 2.24) is 15.0 Å². The molecule has 216 valence electrons. The number of alkyl halides is 6. The van der Waals surface area contributed by atoms with Crippen molar-refractivity contribution in [3.8, 4) is 0 Å². The number of hydrogen-bond acceptors (Lipinski definition) is 8. The van der Waals surface area contributed by atoms with Gasteiger partial charge in [0, 0.05) is 12.7 Å². The predicted molar refractivity (Wildman–Crippen MR) is 117 cm³/mol. The van der Waals surface area contributed by atoms with E-state index in [1.165, 1.54) is 12.4 Å². The maximum absolute atomic E-state index is 13.0. The Morgan fingerprint density at radius 2 is 1.56 bits per heavy atom. The number of halogens is 7. The molecular formula is C22H23F7N4O6. The topological polar surface area (TPSA) is 135 Å². The fraction of sp³-hybridized carbons (Fsp3) is 0.500. The van der Waals surface area contributed by atoms with Crippen LogP contribution in [0, 0.1) is 5.82 Å². The second-order valence-electron chi connectivity index (χ2n) is 8.07. The zero-order chi connectivity index (χ0) is 29.2. The Bertz CT molecular complexity index is 1030. The molecule has 0 aromatic carbocycles. The van der Waals surface area contributed by atoms with Crippen LogP contribution in [0.15, 0.2) is 36.8 Å². The van der Waals surface area contributed by atoms with Crippen LogP contribution in [0.4, 0.5) is 36.7 Å². The lowest BCUT2D eigenvalue weighted by atomic mass is 9.99. The fourth-order valence-electron chi connectivity index (χ4n) is 3.60. The molecule has 2 aliphatic rings. The number of pyridine rings is 1. The number of carbonyl (C=O) groups is 2. The second kappa shape index (κ2) is 14.0. The van der Waals surface area contributed by atoms with Crippen molar-refractivity contribution in [2.24, 2.45) is 0 Å². The SMILES string of the molecule is Fc1cnc(N2CC[C@@H]3O[C@H](COCc4ccccn4)CC[C@@H]32)nc1.O=C(O)C(F)(F)F.O=C(O)C(F)(F)F. The first kappa shape index (κ1) is 31.6. The third-order valence-corrected chi connectivity index (χ3v) is 5.26. The van der Waals surface area contributed by atoms with Gasteiger partial charge in [-0.1, -0.05) is 6.07 Å². The highest BCUT2D eigenvalue weighted by Gasteiger charge is 2.41. The number of ether oxygens (including phenoxy) is 2. The molecule has 0 aliphatic carbocycles. The zero-order valence-electron chi connectivity index (χ0n) is 19.9. The van der Waals surface area contributed by atoms with Gasteiger partial charge in [-0.3, -0.25) is 4.98 Å². The highest BCUT2D eigenvalue weighted by atomic mass is 19.4. The lowest BCUT2D eigenvalue weighted by Gasteiger charge is -2.35. The number of carboxylic acids is 2. The summed E-state index contributed by atoms with van der Waals surface area (Å²) in [7, 11) is 0. The molecule has 17 heteroatoms. The number of hydrogen-bond donors (Lipinski definition) is 2. The van der Waals surface area contributed by atoms with E-state index in [1.54, 1.807) is 6.20 Å². The minimum Gasteiger partial charge on any atom is -0.475 e. The first-order valence-corrected chi connectivity index (χ1v) is 11.2. The van der Waals surface area contributed by atoms with Crippen molar-refractivity contribution in [3.63, 3.8) is 0 Å². The van der Waals surface area contributed by atoms with Crippen molar-refractivity contribution in [1.29, 1.82) is 0 Å². The number of carboxylic acid groups (broad SMARTS) is 2. The number of aliphatic carboxylic acids is 2. The van der Waals surface area contributed by atoms with E-state index in [2.05, 4.69) is 19.9 Å². The van der Waals surface area contributed by atoms with E-state index in [4.69, 9.17) is 29.3 Å². The molecule has 2 saturated heterocycles. The van der Waals surface area contributed by atoms with Crippen molar-refractivity contribution >= 4 is 17.9 Å². The second-order valence-corrected chi connectivity index (χ2v) is 8.07. The molecule has 2 aromatic heterocycles. The Labute approximate surface area is 216 Å². The first-order chi connectivity index (χ1) is 18.2. The summed E-state index contributed by atoms with van der Waals surface area (Å²) in [4.78, 5) is 32.4. The molecule has 2 aliphatic heterocycles. The maximum atomic E-state index is 13.0. The van der Waals surface area contributed by atoms with Crippen LogP contribution in [0.2, 0.25) is 0 Å². The largest absolute Gasteiger partial charge is 0.490 e. The average Bonchev–Trinajstić information content (AvgIpc) is 3.28. The van der Waals surface area contributed by atoms with E-state index < -0.39 is 30.1 Å². The molecular weight excluding hydrogens is 549 g/mol. The van der Waals surface area contributed by atoms with Crippen molar-refractivity contribution < 1.29 is 60.0 Å². The van der Waals surface area contributed by atoms with Gasteiger partial charge in [0.25, 0.3) is 0 Å². The van der Waals surface area contributed by atoms with Crippen molar-refractivity contribution in [2.75, 3.05) is 18.1 Å². The molecule has 2 fully saturated rings. The molecule has 0 amide bonds. The number of fused-ring (bicyclic) bond motifs is 1. The van der Waals surface area contributed by atoms with Gasteiger partial charge in [0.05, 0.1) is 49.6 Å². The van der Waals surface area contributed by atoms with E-state index in [-0.39, 0.29) is 18.2 Å². The summed E-state index contributed by atoms with van der Waals surface area (Å²) in [6.45, 7) is 1.92. The Morgan fingerprint density at radius 1 is 0.974 bits per heavy atom. The van der Waals surface area contributed by atoms with Crippen molar-refractivity contribution in [3.05, 3.63) is 48.3 Å². The van der Waals surface area contributed by atoms with Crippen LogP contribution in [0.1, 0.15) is 25.0 Å². The predicted octanol–water partition coefficient (Wildman–Crippen LogP) is 3.62. The van der Waals surface area contributed by atoms with E-state index in [1.807, 2.05) is 18.2 Å². The highest BCUT2D eigenvalue weighted by molar-refractivity contribution is 5.73. The average molecular weight is 572 g/mol. The molecule has 4 rings (SSSR count). The van der Waals surface area contributed by atoms with Gasteiger partial charge >= 0.3 is 24.3 Å². The molecule has 10 nitrogen and oxygen atoms in total. The summed E-state index contributed by atoms with van der Waals surface area (Å²) in [5, 5.41) is 14.2. The van der Waals surface area contributed by atoms with Gasteiger partial charge in [-0.25, -0.2) is 23.9 Å². The van der Waals surface area contributed by atoms with Gasteiger partial charge in [0.2, 0.25) is 5.95 Å². The molecule has 0 spiro atoms. The molecule has 39 heavy (non-hydrogen) atoms. The number of rotatable bonds is 5. The van der Waals surface area contributed by atoms with E-state index >= 15 is 0 Å². The van der Waals surface area contributed by atoms with Gasteiger partial charge in [-0.05, 0) is 31.4 Å². The van der Waals surface area contributed by atoms with Crippen LogP contribution < -0.4 is 4.90 Å². The summed E-state index contributed by atoms with van der Waals surface area (Å²) in [6, 6.07) is 6.07. The number of aromatic nitrogens is 3.